The molecule has 2 atom stereocenters. The Bertz CT molecular complexity index is 1410. The number of likely N-dealkylation sites (N-methyl/N-ethyl adjacent to an activating group) is 1. The highest BCUT2D eigenvalue weighted by molar-refractivity contribution is 6.05. The number of fused-ring (bicyclic) bond motifs is 3. The number of nitrogens with zero attached hydrogens (tertiary/aromatic N) is 6. The molecule has 0 saturated carbocycles. The van der Waals surface area contributed by atoms with E-state index in [9.17, 15) is 40.7 Å². The second kappa shape index (κ2) is 11.1. The van der Waals surface area contributed by atoms with E-state index in [1.54, 1.807) is 4.90 Å². The predicted octanol–water partition coefficient (Wildman–Crippen LogP) is 2.27. The predicted molar refractivity (Wildman–Crippen MR) is 136 cm³/mol. The molecule has 228 valence electrons. The summed E-state index contributed by atoms with van der Waals surface area (Å²) in [5.41, 5.74) is -3.90. The Morgan fingerprint density at radius 1 is 1.05 bits per heavy atom. The van der Waals surface area contributed by atoms with Crippen molar-refractivity contribution in [3.05, 3.63) is 39.9 Å². The molecule has 2 amide bonds. The first-order chi connectivity index (χ1) is 19.8. The Labute approximate surface area is 235 Å². The number of pyridine rings is 1. The van der Waals surface area contributed by atoms with Crippen molar-refractivity contribution < 1.29 is 40.7 Å². The highest BCUT2D eigenvalue weighted by Gasteiger charge is 2.44. The summed E-state index contributed by atoms with van der Waals surface area (Å²) >= 11 is 0. The first-order valence-electron chi connectivity index (χ1n) is 13.2. The minimum atomic E-state index is -4.87. The first kappa shape index (κ1) is 29.6. The molecule has 42 heavy (non-hydrogen) atoms. The van der Waals surface area contributed by atoms with E-state index in [0.29, 0.717) is 12.8 Å². The van der Waals surface area contributed by atoms with E-state index >= 15 is 0 Å². The van der Waals surface area contributed by atoms with Crippen molar-refractivity contribution in [2.45, 2.75) is 43.7 Å². The van der Waals surface area contributed by atoms with E-state index in [0.717, 1.165) is 23.4 Å². The number of anilines is 3. The lowest BCUT2D eigenvalue weighted by atomic mass is 10.0. The van der Waals surface area contributed by atoms with Crippen molar-refractivity contribution in [3.63, 3.8) is 0 Å². The van der Waals surface area contributed by atoms with Crippen molar-refractivity contribution in [1.82, 2.24) is 20.1 Å². The minimum absolute atomic E-state index is 0.0102. The number of ether oxygens (including phenoxy) is 1. The van der Waals surface area contributed by atoms with Gasteiger partial charge in [-0.05, 0) is 18.9 Å². The fraction of sp³-hybridized carbons (Fsp3) is 0.560. The third-order valence-electron chi connectivity index (χ3n) is 7.73. The summed E-state index contributed by atoms with van der Waals surface area (Å²) < 4.78 is 85.7. The number of hydrogen-bond donors (Lipinski definition) is 1. The fourth-order valence-electron chi connectivity index (χ4n) is 5.63. The molecule has 0 radical (unpaired) electrons. The summed E-state index contributed by atoms with van der Waals surface area (Å²) in [5, 5.41) is 5.34. The van der Waals surface area contributed by atoms with Gasteiger partial charge in [-0.15, -0.1) is 0 Å². The lowest BCUT2D eigenvalue weighted by molar-refractivity contribution is -0.139. The molecule has 2 aromatic rings. The summed E-state index contributed by atoms with van der Waals surface area (Å²) in [6, 6.07) is -0.385. The van der Waals surface area contributed by atoms with Gasteiger partial charge in [0.05, 0.1) is 55.4 Å². The smallest absolute Gasteiger partial charge is 0.379 e. The monoisotopic (exact) mass is 603 g/mol. The number of piperazine rings is 1. The van der Waals surface area contributed by atoms with Crippen LogP contribution in [0.4, 0.5) is 43.5 Å². The molecule has 1 N–H and O–H groups in total. The van der Waals surface area contributed by atoms with Gasteiger partial charge in [0.1, 0.15) is 11.6 Å². The van der Waals surface area contributed by atoms with Crippen LogP contribution in [0.25, 0.3) is 0 Å². The molecule has 3 aliphatic rings. The second-order valence-corrected chi connectivity index (χ2v) is 10.3. The number of aromatic amines is 1. The molecule has 2 fully saturated rings. The van der Waals surface area contributed by atoms with Crippen LogP contribution in [0.3, 0.4) is 0 Å². The summed E-state index contributed by atoms with van der Waals surface area (Å²) in [4.78, 5) is 47.4. The molecule has 0 spiro atoms. The zero-order chi connectivity index (χ0) is 30.4. The van der Waals surface area contributed by atoms with Crippen molar-refractivity contribution in [3.8, 4) is 0 Å². The molecule has 2 saturated heterocycles. The molecule has 5 rings (SSSR count). The number of amides is 2. The Balaban J connectivity index is 1.17. The molecule has 0 unspecified atom stereocenters. The molecule has 11 nitrogen and oxygen atoms in total. The number of carbonyl (C=O) groups is 2. The van der Waals surface area contributed by atoms with Gasteiger partial charge in [-0.1, -0.05) is 0 Å². The first-order valence-corrected chi connectivity index (χ1v) is 13.2. The maximum atomic E-state index is 13.5. The van der Waals surface area contributed by atoms with Crippen LogP contribution in [0.2, 0.25) is 0 Å². The second-order valence-electron chi connectivity index (χ2n) is 10.3. The van der Waals surface area contributed by atoms with Crippen molar-refractivity contribution in [1.29, 1.82) is 0 Å². The average Bonchev–Trinajstić information content (AvgIpc) is 3.40. The van der Waals surface area contributed by atoms with Gasteiger partial charge in [0, 0.05) is 32.9 Å². The number of rotatable bonds is 6. The summed E-state index contributed by atoms with van der Waals surface area (Å²) in [6.45, 7) is 0.693. The molecular weight excluding hydrogens is 576 g/mol. The molecule has 5 heterocycles. The lowest BCUT2D eigenvalue weighted by Crippen LogP contribution is -2.63. The quantitative estimate of drug-likeness (QED) is 0.395. The van der Waals surface area contributed by atoms with Crippen molar-refractivity contribution in [2.24, 2.45) is 0 Å². The van der Waals surface area contributed by atoms with Gasteiger partial charge in [0.2, 0.25) is 5.91 Å². The molecule has 2 aromatic heterocycles. The normalized spacial score (nSPS) is 21.1. The Morgan fingerprint density at radius 3 is 2.52 bits per heavy atom. The lowest BCUT2D eigenvalue weighted by Gasteiger charge is -2.46. The van der Waals surface area contributed by atoms with Gasteiger partial charge >= 0.3 is 12.4 Å². The highest BCUT2D eigenvalue weighted by atomic mass is 19.4. The molecule has 0 aromatic carbocycles. The summed E-state index contributed by atoms with van der Waals surface area (Å²) in [7, 11) is 1.36. The summed E-state index contributed by atoms with van der Waals surface area (Å²) in [5.74, 6) is -0.542. The van der Waals surface area contributed by atoms with E-state index in [-0.39, 0.29) is 68.9 Å². The maximum absolute atomic E-state index is 13.5. The number of H-pyrrole nitrogens is 1. The maximum Gasteiger partial charge on any atom is 0.423 e. The third kappa shape index (κ3) is 5.61. The molecular formula is C25H27F6N7O4. The van der Waals surface area contributed by atoms with E-state index in [2.05, 4.69) is 10.1 Å². The number of hydrogen-bond acceptors (Lipinski definition) is 8. The van der Waals surface area contributed by atoms with Crippen LogP contribution in [0, 0.1) is 0 Å². The third-order valence-corrected chi connectivity index (χ3v) is 7.73. The molecule has 17 heteroatoms. The van der Waals surface area contributed by atoms with Crippen LogP contribution in [0.5, 0.6) is 0 Å². The number of alkyl halides is 6. The van der Waals surface area contributed by atoms with E-state index in [4.69, 9.17) is 4.74 Å². The van der Waals surface area contributed by atoms with Crippen LogP contribution in [0.1, 0.15) is 30.4 Å². The Kier molecular flexibility index (Phi) is 7.80. The largest absolute Gasteiger partial charge is 0.423 e. The van der Waals surface area contributed by atoms with Gasteiger partial charge in [-0.25, -0.2) is 10.1 Å². The van der Waals surface area contributed by atoms with Crippen molar-refractivity contribution >= 4 is 29.0 Å². The standard InChI is InChI=1S/C25H27F6N7O4/c1-35-16-9-14(24(26,27)28)10-32-21(16)38-7-6-36(12-18(38)23(35)41)19(39)4-8-42-13-15-3-2-5-37(15)17-11-33-34-22(40)20(17)25(29,30)31/h9-11,15,18H,2-8,12-13H2,1H3,(H,34,40)/t15-,18-/m0/s1. The highest BCUT2D eigenvalue weighted by Crippen LogP contribution is 2.40. The Hall–Kier alpha value is -3.89. The van der Waals surface area contributed by atoms with Crippen LogP contribution >= 0.6 is 0 Å². The van der Waals surface area contributed by atoms with Crippen LogP contribution in [-0.2, 0) is 26.7 Å². The molecule has 3 aliphatic heterocycles. The van der Waals surface area contributed by atoms with E-state index in [1.165, 1.54) is 16.8 Å². The SMILES string of the molecule is CN1C(=O)[C@@H]2CN(C(=O)CCOC[C@@H]3CCCN3c3cn[nH]c(=O)c3C(F)(F)F)CCN2c2ncc(C(F)(F)F)cc21. The van der Waals surface area contributed by atoms with Crippen LogP contribution in [0.15, 0.2) is 23.3 Å². The van der Waals surface area contributed by atoms with Gasteiger partial charge < -0.3 is 24.3 Å². The fourth-order valence-corrected chi connectivity index (χ4v) is 5.63. The topological polar surface area (TPSA) is 115 Å². The van der Waals surface area contributed by atoms with Gasteiger partial charge in [-0.3, -0.25) is 14.4 Å². The van der Waals surface area contributed by atoms with E-state index in [1.807, 2.05) is 5.10 Å². The minimum Gasteiger partial charge on any atom is -0.379 e. The average molecular weight is 604 g/mol. The molecule has 0 aliphatic carbocycles. The number of aromatic nitrogens is 3. The van der Waals surface area contributed by atoms with E-state index < -0.39 is 47.0 Å². The van der Waals surface area contributed by atoms with Crippen molar-refractivity contribution in [2.75, 3.05) is 61.1 Å². The number of carbonyl (C=O) groups excluding carboxylic acids is 2. The number of halogens is 6. The number of nitrogens with one attached hydrogen (secondary N) is 1. The molecule has 0 bridgehead atoms. The van der Waals surface area contributed by atoms with Gasteiger partial charge in [0.15, 0.2) is 5.82 Å². The Morgan fingerprint density at radius 2 is 1.81 bits per heavy atom. The van der Waals surface area contributed by atoms with Gasteiger partial charge in [0.25, 0.3) is 11.5 Å². The summed E-state index contributed by atoms with van der Waals surface area (Å²) in [6.07, 6.45) is -6.73. The van der Waals surface area contributed by atoms with Crippen LogP contribution in [-0.4, -0.2) is 90.4 Å². The van der Waals surface area contributed by atoms with Crippen LogP contribution < -0.4 is 20.3 Å². The zero-order valence-electron chi connectivity index (χ0n) is 22.3. The van der Waals surface area contributed by atoms with Gasteiger partial charge in [-0.2, -0.15) is 31.4 Å². The zero-order valence-corrected chi connectivity index (χ0v) is 22.3.